The third-order valence-electron chi connectivity index (χ3n) is 3.78. The Morgan fingerprint density at radius 1 is 1.21 bits per heavy atom. The summed E-state index contributed by atoms with van der Waals surface area (Å²) in [5.41, 5.74) is 0.586. The number of nitrogens with one attached hydrogen (secondary N) is 1. The minimum absolute atomic E-state index is 0.0249. The molecule has 0 saturated heterocycles. The lowest BCUT2D eigenvalue weighted by Gasteiger charge is -2.23. The van der Waals surface area contributed by atoms with Gasteiger partial charge in [0.1, 0.15) is 0 Å². The Hall–Kier alpha value is -1.45. The molecule has 0 radical (unpaired) electrons. The van der Waals surface area contributed by atoms with E-state index in [4.69, 9.17) is 0 Å². The highest BCUT2D eigenvalue weighted by molar-refractivity contribution is 5.79. The van der Waals surface area contributed by atoms with Gasteiger partial charge >= 0.3 is 0 Å². The van der Waals surface area contributed by atoms with Crippen molar-refractivity contribution < 1.29 is 13.6 Å². The molecule has 4 heteroatoms. The predicted octanol–water partition coefficient (Wildman–Crippen LogP) is 3.72. The minimum atomic E-state index is -0.878. The van der Waals surface area contributed by atoms with Crippen molar-refractivity contribution in [3.05, 3.63) is 35.4 Å². The van der Waals surface area contributed by atoms with E-state index in [1.807, 2.05) is 0 Å². The maximum absolute atomic E-state index is 13.1. The standard InChI is InChI=1S/C15H19F2NO/c1-10(12-7-8-13(16)14(17)9-12)18-15(19)11-5-3-2-4-6-11/h7-11H,2-6H2,1H3,(H,18,19). The van der Waals surface area contributed by atoms with Gasteiger partial charge in [-0.25, -0.2) is 8.78 Å². The minimum Gasteiger partial charge on any atom is -0.349 e. The molecule has 2 nitrogen and oxygen atoms in total. The molecule has 0 heterocycles. The molecule has 1 fully saturated rings. The van der Waals surface area contributed by atoms with Crippen molar-refractivity contribution in [2.45, 2.75) is 45.1 Å². The van der Waals surface area contributed by atoms with Crippen LogP contribution in [0.3, 0.4) is 0 Å². The number of rotatable bonds is 3. The van der Waals surface area contributed by atoms with Crippen LogP contribution in [-0.4, -0.2) is 5.91 Å². The summed E-state index contributed by atoms with van der Waals surface area (Å²) in [6, 6.07) is 3.43. The van der Waals surface area contributed by atoms with Crippen LogP contribution in [0.25, 0.3) is 0 Å². The zero-order chi connectivity index (χ0) is 13.8. The molecular formula is C15H19F2NO. The van der Waals surface area contributed by atoms with Crippen LogP contribution in [0, 0.1) is 17.6 Å². The highest BCUT2D eigenvalue weighted by Gasteiger charge is 2.22. The van der Waals surface area contributed by atoms with E-state index in [0.29, 0.717) is 5.56 Å². The molecule has 104 valence electrons. The van der Waals surface area contributed by atoms with Crippen LogP contribution in [0.5, 0.6) is 0 Å². The molecule has 1 N–H and O–H groups in total. The maximum Gasteiger partial charge on any atom is 0.223 e. The lowest BCUT2D eigenvalue weighted by atomic mass is 9.88. The van der Waals surface area contributed by atoms with Crippen LogP contribution < -0.4 is 5.32 Å². The first-order chi connectivity index (χ1) is 9.08. The molecule has 1 unspecified atom stereocenters. The van der Waals surface area contributed by atoms with Gasteiger partial charge < -0.3 is 5.32 Å². The average molecular weight is 267 g/mol. The van der Waals surface area contributed by atoms with Crippen LogP contribution in [0.4, 0.5) is 8.78 Å². The number of amides is 1. The fraction of sp³-hybridized carbons (Fsp3) is 0.533. The number of hydrogen-bond acceptors (Lipinski definition) is 1. The Balaban J connectivity index is 1.97. The molecular weight excluding hydrogens is 248 g/mol. The van der Waals surface area contributed by atoms with Gasteiger partial charge in [0, 0.05) is 5.92 Å². The van der Waals surface area contributed by atoms with E-state index in [1.54, 1.807) is 6.92 Å². The zero-order valence-electron chi connectivity index (χ0n) is 11.1. The number of carbonyl (C=O) groups is 1. The van der Waals surface area contributed by atoms with Gasteiger partial charge in [-0.3, -0.25) is 4.79 Å². The van der Waals surface area contributed by atoms with E-state index in [0.717, 1.165) is 37.8 Å². The summed E-state index contributed by atoms with van der Waals surface area (Å²) in [5.74, 6) is -1.65. The summed E-state index contributed by atoms with van der Waals surface area (Å²) < 4.78 is 26.0. The van der Waals surface area contributed by atoms with Gasteiger partial charge in [0.2, 0.25) is 5.91 Å². The monoisotopic (exact) mass is 267 g/mol. The normalized spacial score (nSPS) is 18.1. The summed E-state index contributed by atoms with van der Waals surface area (Å²) in [4.78, 5) is 12.1. The van der Waals surface area contributed by atoms with Crippen LogP contribution >= 0.6 is 0 Å². The first-order valence-corrected chi connectivity index (χ1v) is 6.83. The molecule has 1 aromatic carbocycles. The Labute approximate surface area is 112 Å². The lowest BCUT2D eigenvalue weighted by Crippen LogP contribution is -2.33. The highest BCUT2D eigenvalue weighted by Crippen LogP contribution is 2.25. The molecule has 0 spiro atoms. The molecule has 1 aliphatic rings. The lowest BCUT2D eigenvalue weighted by molar-refractivity contribution is -0.126. The van der Waals surface area contributed by atoms with E-state index >= 15 is 0 Å². The van der Waals surface area contributed by atoms with Crippen molar-refractivity contribution in [3.63, 3.8) is 0 Å². The summed E-state index contributed by atoms with van der Waals surface area (Å²) in [7, 11) is 0. The molecule has 1 aromatic rings. The molecule has 0 aromatic heterocycles. The summed E-state index contributed by atoms with van der Waals surface area (Å²) in [6.45, 7) is 1.79. The molecule has 0 aliphatic heterocycles. The highest BCUT2D eigenvalue weighted by atomic mass is 19.2. The molecule has 19 heavy (non-hydrogen) atoms. The maximum atomic E-state index is 13.1. The summed E-state index contributed by atoms with van der Waals surface area (Å²) in [5, 5.41) is 2.88. The van der Waals surface area contributed by atoms with Crippen molar-refractivity contribution in [3.8, 4) is 0 Å². The van der Waals surface area contributed by atoms with Crippen LogP contribution in [0.1, 0.15) is 50.6 Å². The Bertz CT molecular complexity index is 455. The molecule has 1 atom stereocenters. The number of halogens is 2. The van der Waals surface area contributed by atoms with Gasteiger partial charge in [-0.05, 0) is 37.5 Å². The van der Waals surface area contributed by atoms with Crippen LogP contribution in [0.15, 0.2) is 18.2 Å². The molecule has 1 aliphatic carbocycles. The van der Waals surface area contributed by atoms with E-state index in [2.05, 4.69) is 5.32 Å². The van der Waals surface area contributed by atoms with Gasteiger partial charge in [0.05, 0.1) is 6.04 Å². The summed E-state index contributed by atoms with van der Waals surface area (Å²) in [6.07, 6.45) is 5.24. The fourth-order valence-electron chi connectivity index (χ4n) is 2.56. The van der Waals surface area contributed by atoms with Crippen LogP contribution in [-0.2, 0) is 4.79 Å². The van der Waals surface area contributed by atoms with Crippen LogP contribution in [0.2, 0.25) is 0 Å². The second-order valence-electron chi connectivity index (χ2n) is 5.24. The van der Waals surface area contributed by atoms with Crippen molar-refractivity contribution in [1.82, 2.24) is 5.32 Å². The largest absolute Gasteiger partial charge is 0.349 e. The Kier molecular flexibility index (Phi) is 4.51. The Morgan fingerprint density at radius 2 is 1.89 bits per heavy atom. The third kappa shape index (κ3) is 3.52. The SMILES string of the molecule is CC(NC(=O)C1CCCCC1)c1ccc(F)c(F)c1. The number of hydrogen-bond donors (Lipinski definition) is 1. The molecule has 1 saturated carbocycles. The van der Waals surface area contributed by atoms with Gasteiger partial charge in [-0.15, -0.1) is 0 Å². The van der Waals surface area contributed by atoms with Crippen molar-refractivity contribution >= 4 is 5.91 Å². The second-order valence-corrected chi connectivity index (χ2v) is 5.24. The molecule has 1 amide bonds. The van der Waals surface area contributed by atoms with Gasteiger partial charge in [0.25, 0.3) is 0 Å². The molecule has 2 rings (SSSR count). The smallest absolute Gasteiger partial charge is 0.223 e. The van der Waals surface area contributed by atoms with Gasteiger partial charge in [0.15, 0.2) is 11.6 Å². The van der Waals surface area contributed by atoms with E-state index in [9.17, 15) is 13.6 Å². The van der Waals surface area contributed by atoms with Crippen molar-refractivity contribution in [2.75, 3.05) is 0 Å². The fourth-order valence-corrected chi connectivity index (χ4v) is 2.56. The summed E-state index contributed by atoms with van der Waals surface area (Å²) >= 11 is 0. The zero-order valence-corrected chi connectivity index (χ0v) is 11.1. The topological polar surface area (TPSA) is 29.1 Å². The number of carbonyl (C=O) groups excluding carboxylic acids is 1. The Morgan fingerprint density at radius 3 is 2.53 bits per heavy atom. The van der Waals surface area contributed by atoms with Gasteiger partial charge in [-0.2, -0.15) is 0 Å². The van der Waals surface area contributed by atoms with E-state index < -0.39 is 11.6 Å². The van der Waals surface area contributed by atoms with Crippen molar-refractivity contribution in [1.29, 1.82) is 0 Å². The van der Waals surface area contributed by atoms with Gasteiger partial charge in [-0.1, -0.05) is 25.3 Å². The van der Waals surface area contributed by atoms with E-state index in [1.165, 1.54) is 12.5 Å². The quantitative estimate of drug-likeness (QED) is 0.888. The van der Waals surface area contributed by atoms with Crippen molar-refractivity contribution in [2.24, 2.45) is 5.92 Å². The second kappa shape index (κ2) is 6.13. The average Bonchev–Trinajstić information content (AvgIpc) is 2.42. The first-order valence-electron chi connectivity index (χ1n) is 6.83. The molecule has 0 bridgehead atoms. The third-order valence-corrected chi connectivity index (χ3v) is 3.78. The number of benzene rings is 1. The predicted molar refractivity (Wildman–Crippen MR) is 69.5 cm³/mol. The van der Waals surface area contributed by atoms with E-state index in [-0.39, 0.29) is 17.9 Å². The first kappa shape index (κ1) is 14.0.